The monoisotopic (exact) mass is 486 g/mol. The van der Waals surface area contributed by atoms with E-state index in [1.165, 1.54) is 27.4 Å². The number of nitrogens with zero attached hydrogens (tertiary/aromatic N) is 2. The molecule has 3 aromatic carbocycles. The molecule has 0 amide bonds. The van der Waals surface area contributed by atoms with Crippen LogP contribution in [0.4, 0.5) is 0 Å². The minimum absolute atomic E-state index is 0. The first-order valence-corrected chi connectivity index (χ1v) is 7.67. The molecule has 0 aliphatic carbocycles. The van der Waals surface area contributed by atoms with Gasteiger partial charge in [0.1, 0.15) is 0 Å². The van der Waals surface area contributed by atoms with Crippen molar-refractivity contribution in [1.82, 2.24) is 9.38 Å². The first-order valence-electron chi connectivity index (χ1n) is 7.67. The van der Waals surface area contributed by atoms with Gasteiger partial charge in [-0.25, -0.2) is 0 Å². The molecule has 0 atom stereocenters. The summed E-state index contributed by atoms with van der Waals surface area (Å²) in [5.41, 5.74) is 4.58. The molecule has 5 rings (SSSR count). The molecule has 0 aliphatic rings. The van der Waals surface area contributed by atoms with Gasteiger partial charge in [0.25, 0.3) is 0 Å². The number of para-hydroxylation sites is 1. The van der Waals surface area contributed by atoms with Crippen LogP contribution in [0.25, 0.3) is 38.4 Å². The molecule has 1 radical (unpaired) electrons. The number of rotatable bonds is 1. The molecule has 2 nitrogen and oxygen atoms in total. The van der Waals surface area contributed by atoms with Crippen molar-refractivity contribution in [2.75, 3.05) is 0 Å². The molecule has 0 saturated heterocycles. The molecule has 0 unspecified atom stereocenters. The molecule has 0 fully saturated rings. The Morgan fingerprint density at radius 1 is 0.833 bits per heavy atom. The minimum Gasteiger partial charge on any atom is -0.340 e. The van der Waals surface area contributed by atoms with Gasteiger partial charge in [0.05, 0.1) is 5.65 Å². The van der Waals surface area contributed by atoms with Crippen LogP contribution in [0.3, 0.4) is 0 Å². The molecule has 2 heterocycles. The van der Waals surface area contributed by atoms with Crippen molar-refractivity contribution in [2.45, 2.75) is 0 Å². The van der Waals surface area contributed by atoms with E-state index >= 15 is 0 Å². The van der Waals surface area contributed by atoms with Gasteiger partial charge >= 0.3 is 0 Å². The van der Waals surface area contributed by atoms with Crippen molar-refractivity contribution in [1.29, 1.82) is 0 Å². The smallest absolute Gasteiger partial charge is 0.0608 e. The Hall–Kier alpha value is -2.48. The third-order valence-electron chi connectivity index (χ3n) is 4.37. The molecular formula is C21H13IrN2-. The molecule has 0 spiro atoms. The molecule has 2 aromatic heterocycles. The van der Waals surface area contributed by atoms with Gasteiger partial charge in [-0.15, -0.1) is 29.7 Å². The normalized spacial score (nSPS) is 11.0. The number of aromatic nitrogens is 2. The van der Waals surface area contributed by atoms with Gasteiger partial charge in [-0.2, -0.15) is 0 Å². The van der Waals surface area contributed by atoms with Crippen LogP contribution in [-0.2, 0) is 20.1 Å². The number of imidazole rings is 1. The van der Waals surface area contributed by atoms with E-state index in [9.17, 15) is 0 Å². The summed E-state index contributed by atoms with van der Waals surface area (Å²) in [6.45, 7) is 0. The summed E-state index contributed by atoms with van der Waals surface area (Å²) >= 11 is 0. The SMILES string of the molecule is [Ir].[c-]1cccc2c1c1nccn1c1c(-c3ccccc3)cccc21. The molecule has 24 heavy (non-hydrogen) atoms. The van der Waals surface area contributed by atoms with Gasteiger partial charge in [0.15, 0.2) is 0 Å². The summed E-state index contributed by atoms with van der Waals surface area (Å²) in [5, 5.41) is 3.48. The Balaban J connectivity index is 0.00000146. The fourth-order valence-electron chi connectivity index (χ4n) is 3.39. The van der Waals surface area contributed by atoms with Gasteiger partial charge in [-0.3, -0.25) is 4.98 Å². The van der Waals surface area contributed by atoms with Crippen molar-refractivity contribution in [2.24, 2.45) is 0 Å². The van der Waals surface area contributed by atoms with Crippen LogP contribution in [0, 0.1) is 6.07 Å². The number of benzene rings is 3. The molecule has 3 heteroatoms. The Kier molecular flexibility index (Phi) is 3.68. The summed E-state index contributed by atoms with van der Waals surface area (Å²) in [6.07, 6.45) is 3.89. The van der Waals surface area contributed by atoms with Gasteiger partial charge in [-0.1, -0.05) is 53.9 Å². The Morgan fingerprint density at radius 3 is 2.54 bits per heavy atom. The van der Waals surface area contributed by atoms with Crippen LogP contribution in [0.5, 0.6) is 0 Å². The predicted octanol–water partition coefficient (Wildman–Crippen LogP) is 5.11. The topological polar surface area (TPSA) is 17.3 Å². The maximum absolute atomic E-state index is 4.56. The maximum atomic E-state index is 4.56. The number of hydrogen-bond acceptors (Lipinski definition) is 1. The maximum Gasteiger partial charge on any atom is 0.0608 e. The standard InChI is InChI=1S/C21H13N2.Ir/c1-2-7-15(8-3-1)16-11-6-12-18-17-9-4-5-10-19(17)21-22-13-14-23(21)20(16)18;/h1-9,11-14H;/q-1;. The minimum atomic E-state index is 0. The first kappa shape index (κ1) is 15.1. The molecule has 0 aliphatic heterocycles. The zero-order valence-corrected chi connectivity index (χ0v) is 15.1. The molecule has 117 valence electrons. The van der Waals surface area contributed by atoms with Crippen molar-refractivity contribution < 1.29 is 20.1 Å². The summed E-state index contributed by atoms with van der Waals surface area (Å²) in [6, 6.07) is 26.5. The van der Waals surface area contributed by atoms with Crippen molar-refractivity contribution in [3.8, 4) is 11.1 Å². The summed E-state index contributed by atoms with van der Waals surface area (Å²) < 4.78 is 2.18. The van der Waals surface area contributed by atoms with Gasteiger partial charge in [0, 0.05) is 43.6 Å². The van der Waals surface area contributed by atoms with Crippen molar-refractivity contribution in [3.05, 3.63) is 85.2 Å². The fraction of sp³-hybridized carbons (Fsp3) is 0. The van der Waals surface area contributed by atoms with Gasteiger partial charge in [-0.05, 0) is 10.9 Å². The Morgan fingerprint density at radius 2 is 1.67 bits per heavy atom. The Bertz CT molecular complexity index is 1160. The third-order valence-corrected chi connectivity index (χ3v) is 4.37. The van der Waals surface area contributed by atoms with E-state index in [0.717, 1.165) is 11.0 Å². The van der Waals surface area contributed by atoms with Crippen LogP contribution in [0.1, 0.15) is 0 Å². The number of pyridine rings is 1. The van der Waals surface area contributed by atoms with E-state index < -0.39 is 0 Å². The van der Waals surface area contributed by atoms with Crippen LogP contribution in [0.15, 0.2) is 79.1 Å². The van der Waals surface area contributed by atoms with Crippen molar-refractivity contribution in [3.63, 3.8) is 0 Å². The summed E-state index contributed by atoms with van der Waals surface area (Å²) in [5.74, 6) is 0. The van der Waals surface area contributed by atoms with Crippen LogP contribution in [0.2, 0.25) is 0 Å². The van der Waals surface area contributed by atoms with E-state index in [1.54, 1.807) is 0 Å². The van der Waals surface area contributed by atoms with Crippen molar-refractivity contribution >= 4 is 27.3 Å². The number of fused-ring (bicyclic) bond motifs is 6. The molecular weight excluding hydrogens is 472 g/mol. The second kappa shape index (κ2) is 5.86. The molecule has 0 bridgehead atoms. The van der Waals surface area contributed by atoms with E-state index in [2.05, 4.69) is 64.0 Å². The van der Waals surface area contributed by atoms with Gasteiger partial charge in [0.2, 0.25) is 0 Å². The van der Waals surface area contributed by atoms with E-state index in [1.807, 2.05) is 30.6 Å². The van der Waals surface area contributed by atoms with Crippen LogP contribution >= 0.6 is 0 Å². The summed E-state index contributed by atoms with van der Waals surface area (Å²) in [7, 11) is 0. The number of hydrogen-bond donors (Lipinski definition) is 0. The fourth-order valence-corrected chi connectivity index (χ4v) is 3.39. The average molecular weight is 486 g/mol. The zero-order chi connectivity index (χ0) is 15.2. The van der Waals surface area contributed by atoms with Gasteiger partial charge < -0.3 is 4.40 Å². The van der Waals surface area contributed by atoms with Crippen LogP contribution < -0.4 is 0 Å². The van der Waals surface area contributed by atoms with Crippen LogP contribution in [-0.4, -0.2) is 9.38 Å². The molecule has 0 saturated carbocycles. The largest absolute Gasteiger partial charge is 0.340 e. The zero-order valence-electron chi connectivity index (χ0n) is 12.7. The average Bonchev–Trinajstić information content (AvgIpc) is 3.12. The predicted molar refractivity (Wildman–Crippen MR) is 94.5 cm³/mol. The molecule has 5 aromatic rings. The molecule has 0 N–H and O–H groups in total. The second-order valence-electron chi connectivity index (χ2n) is 5.65. The quantitative estimate of drug-likeness (QED) is 0.238. The van der Waals surface area contributed by atoms with E-state index in [4.69, 9.17) is 0 Å². The summed E-state index contributed by atoms with van der Waals surface area (Å²) in [4.78, 5) is 4.56. The van der Waals surface area contributed by atoms with E-state index in [-0.39, 0.29) is 20.1 Å². The Labute approximate surface area is 153 Å². The third kappa shape index (κ3) is 2.10. The second-order valence-corrected chi connectivity index (χ2v) is 5.65. The first-order chi connectivity index (χ1) is 11.4. The van der Waals surface area contributed by atoms with E-state index in [0.29, 0.717) is 0 Å².